The van der Waals surface area contributed by atoms with E-state index in [-0.39, 0.29) is 17.4 Å². The van der Waals surface area contributed by atoms with Crippen molar-refractivity contribution in [3.63, 3.8) is 0 Å². The number of carbonyl (C=O) groups is 1. The lowest BCUT2D eigenvalue weighted by Crippen LogP contribution is -2.43. The van der Waals surface area contributed by atoms with E-state index < -0.39 is 0 Å². The third kappa shape index (κ3) is 3.49. The molecule has 0 heterocycles. The first-order valence-electron chi connectivity index (χ1n) is 6.00. The molecule has 0 aliphatic heterocycles. The van der Waals surface area contributed by atoms with Crippen molar-refractivity contribution in [1.82, 2.24) is 5.32 Å². The average molecular weight is 212 g/mol. The van der Waals surface area contributed by atoms with Crippen molar-refractivity contribution in [1.29, 1.82) is 0 Å². The summed E-state index contributed by atoms with van der Waals surface area (Å²) in [6.45, 7) is 6.47. The van der Waals surface area contributed by atoms with Gasteiger partial charge in [0.1, 0.15) is 0 Å². The Bertz CT molecular complexity index is 226. The molecule has 0 saturated heterocycles. The van der Waals surface area contributed by atoms with Gasteiger partial charge >= 0.3 is 0 Å². The Labute approximate surface area is 92.8 Å². The van der Waals surface area contributed by atoms with E-state index in [1.54, 1.807) is 0 Å². The van der Waals surface area contributed by atoms with Crippen molar-refractivity contribution in [2.45, 2.75) is 65.0 Å². The predicted octanol–water partition coefficient (Wildman–Crippen LogP) is 1.81. The first-order chi connectivity index (χ1) is 6.95. The predicted molar refractivity (Wildman–Crippen MR) is 62.4 cm³/mol. The minimum Gasteiger partial charge on any atom is -0.353 e. The van der Waals surface area contributed by atoms with Gasteiger partial charge < -0.3 is 11.1 Å². The summed E-state index contributed by atoms with van der Waals surface area (Å²) in [6, 6.07) is 0.351. The van der Waals surface area contributed by atoms with Crippen LogP contribution in [0.4, 0.5) is 0 Å². The molecule has 1 rings (SSSR count). The maximum Gasteiger partial charge on any atom is 0.221 e. The zero-order valence-electron chi connectivity index (χ0n) is 10.2. The highest BCUT2D eigenvalue weighted by Gasteiger charge is 2.35. The highest BCUT2D eigenvalue weighted by Crippen LogP contribution is 2.37. The second-order valence-corrected chi connectivity index (χ2v) is 5.37. The van der Waals surface area contributed by atoms with Crippen molar-refractivity contribution in [2.24, 2.45) is 11.1 Å². The van der Waals surface area contributed by atoms with Gasteiger partial charge in [-0.25, -0.2) is 0 Å². The Balaban J connectivity index is 2.38. The molecule has 1 amide bonds. The quantitative estimate of drug-likeness (QED) is 0.746. The third-order valence-corrected chi connectivity index (χ3v) is 3.56. The molecule has 0 bridgehead atoms. The van der Waals surface area contributed by atoms with Crippen LogP contribution in [0, 0.1) is 5.41 Å². The smallest absolute Gasteiger partial charge is 0.221 e. The Morgan fingerprint density at radius 1 is 1.60 bits per heavy atom. The van der Waals surface area contributed by atoms with E-state index in [1.807, 2.05) is 6.92 Å². The standard InChI is InChI=1S/C12H24N2O/c1-4-9(13)8-11(15)14-10-6-5-7-12(10,2)3/h9-10H,4-8,13H2,1-3H3,(H,14,15). The molecule has 3 N–H and O–H groups in total. The maximum absolute atomic E-state index is 11.7. The van der Waals surface area contributed by atoms with Crippen LogP contribution in [0.2, 0.25) is 0 Å². The third-order valence-electron chi connectivity index (χ3n) is 3.56. The van der Waals surface area contributed by atoms with Gasteiger partial charge in [0.05, 0.1) is 0 Å². The van der Waals surface area contributed by atoms with Gasteiger partial charge in [-0.05, 0) is 24.7 Å². The van der Waals surface area contributed by atoms with Gasteiger partial charge in [-0.2, -0.15) is 0 Å². The van der Waals surface area contributed by atoms with Crippen LogP contribution >= 0.6 is 0 Å². The van der Waals surface area contributed by atoms with Gasteiger partial charge in [0, 0.05) is 18.5 Å². The SMILES string of the molecule is CCC(N)CC(=O)NC1CCCC1(C)C. The molecule has 1 saturated carbocycles. The van der Waals surface area contributed by atoms with E-state index >= 15 is 0 Å². The van der Waals surface area contributed by atoms with Crippen molar-refractivity contribution >= 4 is 5.91 Å². The Morgan fingerprint density at radius 2 is 2.27 bits per heavy atom. The zero-order chi connectivity index (χ0) is 11.5. The van der Waals surface area contributed by atoms with Crippen molar-refractivity contribution in [3.05, 3.63) is 0 Å². The number of hydrogen-bond acceptors (Lipinski definition) is 2. The average Bonchev–Trinajstić information content (AvgIpc) is 2.45. The molecule has 3 heteroatoms. The molecule has 1 aliphatic rings. The van der Waals surface area contributed by atoms with Crippen LogP contribution in [-0.2, 0) is 4.79 Å². The summed E-state index contributed by atoms with van der Waals surface area (Å²) in [5, 5.41) is 3.12. The van der Waals surface area contributed by atoms with Crippen molar-refractivity contribution in [2.75, 3.05) is 0 Å². The monoisotopic (exact) mass is 212 g/mol. The number of hydrogen-bond donors (Lipinski definition) is 2. The van der Waals surface area contributed by atoms with Gasteiger partial charge in [0.2, 0.25) is 5.91 Å². The van der Waals surface area contributed by atoms with Crippen LogP contribution in [0.15, 0.2) is 0 Å². The van der Waals surface area contributed by atoms with E-state index in [0.717, 1.165) is 12.8 Å². The number of rotatable bonds is 4. The van der Waals surface area contributed by atoms with Crippen LogP contribution in [0.3, 0.4) is 0 Å². The second kappa shape index (κ2) is 4.97. The summed E-state index contributed by atoms with van der Waals surface area (Å²) in [5.41, 5.74) is 6.01. The normalized spacial score (nSPS) is 26.3. The molecule has 15 heavy (non-hydrogen) atoms. The summed E-state index contributed by atoms with van der Waals surface area (Å²) in [6.07, 6.45) is 4.86. The van der Waals surface area contributed by atoms with Crippen LogP contribution in [0.5, 0.6) is 0 Å². The highest BCUT2D eigenvalue weighted by atomic mass is 16.1. The van der Waals surface area contributed by atoms with Crippen LogP contribution < -0.4 is 11.1 Å². The van der Waals surface area contributed by atoms with Gasteiger partial charge in [-0.3, -0.25) is 4.79 Å². The Kier molecular flexibility index (Phi) is 4.14. The molecular formula is C12H24N2O. The molecule has 0 aromatic heterocycles. The summed E-state index contributed by atoms with van der Waals surface area (Å²) in [7, 11) is 0. The van der Waals surface area contributed by atoms with Crippen molar-refractivity contribution < 1.29 is 4.79 Å². The number of amides is 1. The summed E-state index contributed by atoms with van der Waals surface area (Å²) in [4.78, 5) is 11.7. The van der Waals surface area contributed by atoms with Gasteiger partial charge in [-0.1, -0.05) is 27.2 Å². The summed E-state index contributed by atoms with van der Waals surface area (Å²) in [5.74, 6) is 0.115. The van der Waals surface area contributed by atoms with Crippen LogP contribution in [-0.4, -0.2) is 18.0 Å². The minimum absolute atomic E-state index is 0.00881. The number of nitrogens with two attached hydrogens (primary N) is 1. The molecule has 1 aliphatic carbocycles. The Hall–Kier alpha value is -0.570. The molecule has 2 atom stereocenters. The fourth-order valence-corrected chi connectivity index (χ4v) is 2.23. The zero-order valence-corrected chi connectivity index (χ0v) is 10.2. The first kappa shape index (κ1) is 12.5. The van der Waals surface area contributed by atoms with Crippen molar-refractivity contribution in [3.8, 4) is 0 Å². The fraction of sp³-hybridized carbons (Fsp3) is 0.917. The van der Waals surface area contributed by atoms with E-state index in [0.29, 0.717) is 12.5 Å². The summed E-state index contributed by atoms with van der Waals surface area (Å²) < 4.78 is 0. The molecular weight excluding hydrogens is 188 g/mol. The molecule has 2 unspecified atom stereocenters. The lowest BCUT2D eigenvalue weighted by atomic mass is 9.87. The number of nitrogens with one attached hydrogen (secondary N) is 1. The van der Waals surface area contributed by atoms with E-state index in [2.05, 4.69) is 19.2 Å². The molecule has 88 valence electrons. The van der Waals surface area contributed by atoms with Gasteiger partial charge in [-0.15, -0.1) is 0 Å². The molecule has 1 fully saturated rings. The molecule has 3 nitrogen and oxygen atoms in total. The second-order valence-electron chi connectivity index (χ2n) is 5.37. The highest BCUT2D eigenvalue weighted by molar-refractivity contribution is 5.77. The lowest BCUT2D eigenvalue weighted by molar-refractivity contribution is -0.122. The van der Waals surface area contributed by atoms with E-state index in [4.69, 9.17) is 5.73 Å². The topological polar surface area (TPSA) is 55.1 Å². The van der Waals surface area contributed by atoms with Crippen LogP contribution in [0.1, 0.15) is 52.9 Å². The molecule has 0 aromatic rings. The largest absolute Gasteiger partial charge is 0.353 e. The van der Waals surface area contributed by atoms with Gasteiger partial charge in [0.15, 0.2) is 0 Å². The first-order valence-corrected chi connectivity index (χ1v) is 6.00. The molecule has 0 radical (unpaired) electrons. The summed E-state index contributed by atoms with van der Waals surface area (Å²) >= 11 is 0. The molecule has 0 spiro atoms. The lowest BCUT2D eigenvalue weighted by Gasteiger charge is -2.28. The van der Waals surface area contributed by atoms with E-state index in [1.165, 1.54) is 12.8 Å². The van der Waals surface area contributed by atoms with E-state index in [9.17, 15) is 4.79 Å². The Morgan fingerprint density at radius 3 is 2.73 bits per heavy atom. The fourth-order valence-electron chi connectivity index (χ4n) is 2.23. The number of carbonyl (C=O) groups excluding carboxylic acids is 1. The molecule has 0 aromatic carbocycles. The minimum atomic E-state index is 0.00881. The maximum atomic E-state index is 11.7. The van der Waals surface area contributed by atoms with Crippen LogP contribution in [0.25, 0.3) is 0 Å². The van der Waals surface area contributed by atoms with Gasteiger partial charge in [0.25, 0.3) is 0 Å².